The van der Waals surface area contributed by atoms with Crippen molar-refractivity contribution in [3.63, 3.8) is 0 Å². The number of carbonyl (C=O) groups excluding carboxylic acids is 1. The van der Waals surface area contributed by atoms with Crippen LogP contribution in [-0.4, -0.2) is 40.1 Å². The minimum Gasteiger partial charge on any atom is -0.451 e. The minimum atomic E-state index is -0.625. The van der Waals surface area contributed by atoms with E-state index in [9.17, 15) is 9.18 Å². The van der Waals surface area contributed by atoms with Crippen LogP contribution in [-0.2, 0) is 4.74 Å². The second-order valence-corrected chi connectivity index (χ2v) is 7.65. The van der Waals surface area contributed by atoms with Crippen LogP contribution in [0.2, 0.25) is 0 Å². The summed E-state index contributed by atoms with van der Waals surface area (Å²) in [6.07, 6.45) is 5.18. The first kappa shape index (κ1) is 22.4. The quantitative estimate of drug-likeness (QED) is 0.286. The van der Waals surface area contributed by atoms with Crippen LogP contribution in [0, 0.1) is 5.95 Å². The van der Waals surface area contributed by atoms with E-state index < -0.39 is 11.9 Å². The predicted octanol–water partition coefficient (Wildman–Crippen LogP) is 4.24. The van der Waals surface area contributed by atoms with E-state index >= 15 is 0 Å². The monoisotopic (exact) mass is 452 g/mol. The Morgan fingerprint density at radius 1 is 1.36 bits per heavy atom. The molecule has 0 aliphatic heterocycles. The van der Waals surface area contributed by atoms with Crippen LogP contribution in [0.25, 0.3) is 17.0 Å². The summed E-state index contributed by atoms with van der Waals surface area (Å²) in [7, 11) is 0. The molecule has 3 aromatic rings. The Hall–Kier alpha value is -3.79. The number of amides is 1. The molecule has 2 N–H and O–H groups in total. The number of hydrazone groups is 1. The fourth-order valence-corrected chi connectivity index (χ4v) is 3.59. The lowest BCUT2D eigenvalue weighted by Gasteiger charge is -2.34. The maximum absolute atomic E-state index is 13.8. The molecule has 0 aromatic carbocycles. The van der Waals surface area contributed by atoms with Crippen molar-refractivity contribution in [2.75, 3.05) is 11.9 Å². The summed E-state index contributed by atoms with van der Waals surface area (Å²) in [4.78, 5) is 16.8. The van der Waals surface area contributed by atoms with Crippen LogP contribution in [0.1, 0.15) is 49.0 Å². The molecule has 0 saturated heterocycles. The SMILES string of the molecule is C=NN/C=C(\C)c1ccc(C(=O)Nc2cn(C3CC(OCC)C3)nc2-c2cccc(F)n2)o1. The normalized spacial score (nSPS) is 18.0. The van der Waals surface area contributed by atoms with E-state index in [2.05, 4.69) is 32.6 Å². The third-order valence-corrected chi connectivity index (χ3v) is 5.38. The number of ether oxygens (including phenoxy) is 1. The highest BCUT2D eigenvalue weighted by Crippen LogP contribution is 2.37. The average molecular weight is 452 g/mol. The van der Waals surface area contributed by atoms with Gasteiger partial charge in [-0.25, -0.2) is 4.98 Å². The predicted molar refractivity (Wildman–Crippen MR) is 122 cm³/mol. The highest BCUT2D eigenvalue weighted by atomic mass is 19.1. The number of nitrogens with zero attached hydrogens (tertiary/aromatic N) is 4. The van der Waals surface area contributed by atoms with Gasteiger partial charge >= 0.3 is 0 Å². The van der Waals surface area contributed by atoms with Crippen molar-refractivity contribution in [3.8, 4) is 11.4 Å². The lowest BCUT2D eigenvalue weighted by molar-refractivity contribution is -0.0226. The van der Waals surface area contributed by atoms with Crippen LogP contribution in [0.4, 0.5) is 10.1 Å². The van der Waals surface area contributed by atoms with E-state index in [0.29, 0.717) is 29.4 Å². The molecule has 33 heavy (non-hydrogen) atoms. The van der Waals surface area contributed by atoms with Gasteiger partial charge in [0.15, 0.2) is 5.76 Å². The second-order valence-electron chi connectivity index (χ2n) is 7.65. The van der Waals surface area contributed by atoms with Gasteiger partial charge in [-0.05, 0) is 51.0 Å². The summed E-state index contributed by atoms with van der Waals surface area (Å²) in [6.45, 7) is 7.78. The zero-order valence-electron chi connectivity index (χ0n) is 18.4. The van der Waals surface area contributed by atoms with Gasteiger partial charge in [0.05, 0.1) is 23.5 Å². The number of halogens is 1. The van der Waals surface area contributed by atoms with Gasteiger partial charge in [0.2, 0.25) is 5.95 Å². The van der Waals surface area contributed by atoms with Gasteiger partial charge in [-0.1, -0.05) is 6.07 Å². The standard InChI is InChI=1S/C23H25FN6O3/c1-4-32-16-10-15(11-16)30-13-18(22(29-30)17-6-5-7-21(24)27-17)28-23(31)20-9-8-19(33-20)14(2)12-26-25-3/h5-9,12-13,15-16,26H,3-4,10-11H2,1-2H3,(H,28,31)/b14-12+. The summed E-state index contributed by atoms with van der Waals surface area (Å²) >= 11 is 0. The Labute approximate surface area is 190 Å². The summed E-state index contributed by atoms with van der Waals surface area (Å²) in [5, 5.41) is 11.0. The van der Waals surface area contributed by atoms with Crippen LogP contribution < -0.4 is 10.7 Å². The molecule has 1 saturated carbocycles. The Morgan fingerprint density at radius 2 is 2.15 bits per heavy atom. The average Bonchev–Trinajstić information content (AvgIpc) is 3.42. The smallest absolute Gasteiger partial charge is 0.291 e. The van der Waals surface area contributed by atoms with Crippen LogP contribution >= 0.6 is 0 Å². The molecular formula is C23H25FN6O3. The van der Waals surface area contributed by atoms with Crippen molar-refractivity contribution in [2.24, 2.45) is 5.10 Å². The molecule has 1 aliphatic carbocycles. The molecular weight excluding hydrogens is 427 g/mol. The Morgan fingerprint density at radius 3 is 2.88 bits per heavy atom. The van der Waals surface area contributed by atoms with Crippen molar-refractivity contribution in [3.05, 3.63) is 60.2 Å². The topological polar surface area (TPSA) is 107 Å². The van der Waals surface area contributed by atoms with E-state index in [4.69, 9.17) is 9.15 Å². The number of carbonyl (C=O) groups is 1. The fourth-order valence-electron chi connectivity index (χ4n) is 3.59. The van der Waals surface area contributed by atoms with E-state index in [0.717, 1.165) is 18.4 Å². The highest BCUT2D eigenvalue weighted by molar-refractivity contribution is 6.04. The van der Waals surface area contributed by atoms with Crippen LogP contribution in [0.3, 0.4) is 0 Å². The third-order valence-electron chi connectivity index (χ3n) is 5.38. The Balaban J connectivity index is 1.58. The molecule has 3 heterocycles. The largest absolute Gasteiger partial charge is 0.451 e. The van der Waals surface area contributed by atoms with Crippen LogP contribution in [0.15, 0.2) is 52.2 Å². The summed E-state index contributed by atoms with van der Waals surface area (Å²) in [5.41, 5.74) is 4.49. The van der Waals surface area contributed by atoms with Gasteiger partial charge in [-0.3, -0.25) is 14.9 Å². The second kappa shape index (κ2) is 9.78. The van der Waals surface area contributed by atoms with E-state index in [1.54, 1.807) is 41.3 Å². The van der Waals surface area contributed by atoms with Crippen molar-refractivity contribution in [2.45, 2.75) is 38.8 Å². The number of aromatic nitrogens is 3. The van der Waals surface area contributed by atoms with Gasteiger partial charge in [0.25, 0.3) is 5.91 Å². The maximum Gasteiger partial charge on any atom is 0.291 e. The lowest BCUT2D eigenvalue weighted by atomic mass is 9.89. The van der Waals surface area contributed by atoms with Gasteiger partial charge < -0.3 is 14.5 Å². The number of anilines is 1. The molecule has 1 fully saturated rings. The lowest BCUT2D eigenvalue weighted by Crippen LogP contribution is -2.33. The van der Waals surface area contributed by atoms with E-state index in [-0.39, 0.29) is 17.9 Å². The van der Waals surface area contributed by atoms with Crippen molar-refractivity contribution in [1.82, 2.24) is 20.2 Å². The minimum absolute atomic E-state index is 0.121. The van der Waals surface area contributed by atoms with E-state index in [1.807, 2.05) is 13.8 Å². The Bertz CT molecular complexity index is 1180. The van der Waals surface area contributed by atoms with Gasteiger partial charge in [0, 0.05) is 31.3 Å². The summed E-state index contributed by atoms with van der Waals surface area (Å²) < 4.78 is 26.9. The number of hydrogen-bond donors (Lipinski definition) is 2. The summed E-state index contributed by atoms with van der Waals surface area (Å²) in [6, 6.07) is 7.85. The molecule has 172 valence electrons. The summed E-state index contributed by atoms with van der Waals surface area (Å²) in [5.74, 6) is -0.451. The van der Waals surface area contributed by atoms with Crippen molar-refractivity contribution >= 4 is 23.9 Å². The zero-order valence-corrected chi connectivity index (χ0v) is 18.4. The molecule has 1 amide bonds. The number of rotatable bonds is 9. The molecule has 9 nitrogen and oxygen atoms in total. The molecule has 1 aliphatic rings. The Kier molecular flexibility index (Phi) is 6.64. The number of furan rings is 1. The molecule has 0 bridgehead atoms. The van der Waals surface area contributed by atoms with Crippen LogP contribution in [0.5, 0.6) is 0 Å². The molecule has 0 radical (unpaired) electrons. The maximum atomic E-state index is 13.8. The molecule has 3 aromatic heterocycles. The first-order chi connectivity index (χ1) is 16.0. The first-order valence-electron chi connectivity index (χ1n) is 10.6. The number of nitrogens with one attached hydrogen (secondary N) is 2. The molecule has 10 heteroatoms. The number of allylic oxidation sites excluding steroid dienone is 1. The molecule has 0 unspecified atom stereocenters. The third kappa shape index (κ3) is 5.01. The fraction of sp³-hybridized carbons (Fsp3) is 0.304. The first-order valence-corrected chi connectivity index (χ1v) is 10.6. The number of pyridine rings is 1. The highest BCUT2D eigenvalue weighted by Gasteiger charge is 2.32. The number of hydrogen-bond acceptors (Lipinski definition) is 7. The van der Waals surface area contributed by atoms with Crippen molar-refractivity contribution < 1.29 is 18.3 Å². The molecule has 0 spiro atoms. The van der Waals surface area contributed by atoms with Gasteiger partial charge in [-0.15, -0.1) is 0 Å². The molecule has 4 rings (SSSR count). The zero-order chi connectivity index (χ0) is 23.4. The van der Waals surface area contributed by atoms with E-state index in [1.165, 1.54) is 6.07 Å². The van der Waals surface area contributed by atoms with Gasteiger partial charge in [-0.2, -0.15) is 14.6 Å². The molecule has 0 atom stereocenters. The van der Waals surface area contributed by atoms with Gasteiger partial charge in [0.1, 0.15) is 11.5 Å². The van der Waals surface area contributed by atoms with Crippen molar-refractivity contribution in [1.29, 1.82) is 0 Å².